The molecule has 0 unspecified atom stereocenters. The molecule has 3 nitrogen and oxygen atoms in total. The van der Waals surface area contributed by atoms with E-state index in [4.69, 9.17) is 5.73 Å². The quantitative estimate of drug-likeness (QED) is 0.844. The Labute approximate surface area is 119 Å². The highest BCUT2D eigenvalue weighted by atomic mass is 32.1. The molecule has 0 aliphatic carbocycles. The van der Waals surface area contributed by atoms with E-state index in [-0.39, 0.29) is 0 Å². The van der Waals surface area contributed by atoms with Crippen LogP contribution in [0.2, 0.25) is 0 Å². The minimum Gasteiger partial charge on any atom is -0.329 e. The molecule has 2 aromatic rings. The van der Waals surface area contributed by atoms with Gasteiger partial charge in [-0.25, -0.2) is 4.98 Å². The molecule has 0 amide bonds. The highest BCUT2D eigenvalue weighted by molar-refractivity contribution is 7.09. The van der Waals surface area contributed by atoms with Crippen molar-refractivity contribution in [1.29, 1.82) is 0 Å². The molecule has 0 saturated carbocycles. The van der Waals surface area contributed by atoms with Crippen molar-refractivity contribution in [1.82, 2.24) is 9.88 Å². The number of nitrogens with zero attached hydrogens (tertiary/aromatic N) is 2. The van der Waals surface area contributed by atoms with Crippen LogP contribution in [0.1, 0.15) is 16.1 Å². The summed E-state index contributed by atoms with van der Waals surface area (Å²) in [4.78, 5) is 8.07. The maximum absolute atomic E-state index is 5.71. The second-order valence-electron chi connectivity index (χ2n) is 4.66. The number of aryl methyl sites for hydroxylation is 1. The number of benzene rings is 1. The van der Waals surface area contributed by atoms with Crippen molar-refractivity contribution in [2.45, 2.75) is 19.9 Å². The van der Waals surface area contributed by atoms with Gasteiger partial charge in [0.15, 0.2) is 0 Å². The smallest absolute Gasteiger partial charge is 0.0798 e. The maximum Gasteiger partial charge on any atom is 0.0798 e. The van der Waals surface area contributed by atoms with Crippen LogP contribution in [-0.2, 0) is 13.0 Å². The molecular formula is C15H21N3S. The molecule has 1 aromatic heterocycles. The molecule has 0 aliphatic rings. The Balaban J connectivity index is 1.91. The second-order valence-corrected chi connectivity index (χ2v) is 5.60. The summed E-state index contributed by atoms with van der Waals surface area (Å²) < 4.78 is 0. The van der Waals surface area contributed by atoms with Crippen LogP contribution >= 0.6 is 11.3 Å². The van der Waals surface area contributed by atoms with Crippen molar-refractivity contribution >= 4 is 11.3 Å². The predicted molar refractivity (Wildman–Crippen MR) is 81.3 cm³/mol. The van der Waals surface area contributed by atoms with Gasteiger partial charge in [-0.1, -0.05) is 30.3 Å². The van der Waals surface area contributed by atoms with Crippen molar-refractivity contribution in [3.63, 3.8) is 0 Å². The average Bonchev–Trinajstić information content (AvgIpc) is 2.83. The maximum atomic E-state index is 5.71. The lowest BCUT2D eigenvalue weighted by Gasteiger charge is -2.21. The standard InChI is InChI=1S/C15H21N3S/c1-13-15(19-12-17-13)11-18(10-8-16)9-7-14-5-3-2-4-6-14/h2-6,12H,7-11,16H2,1H3. The fourth-order valence-corrected chi connectivity index (χ4v) is 2.88. The lowest BCUT2D eigenvalue weighted by molar-refractivity contribution is 0.278. The number of hydrogen-bond acceptors (Lipinski definition) is 4. The van der Waals surface area contributed by atoms with E-state index in [9.17, 15) is 0 Å². The summed E-state index contributed by atoms with van der Waals surface area (Å²) in [7, 11) is 0. The van der Waals surface area contributed by atoms with Crippen LogP contribution in [0.25, 0.3) is 0 Å². The number of hydrogen-bond donors (Lipinski definition) is 1. The highest BCUT2D eigenvalue weighted by Crippen LogP contribution is 2.15. The number of rotatable bonds is 7. The molecule has 4 heteroatoms. The van der Waals surface area contributed by atoms with Crippen molar-refractivity contribution in [2.24, 2.45) is 5.73 Å². The van der Waals surface area contributed by atoms with Gasteiger partial charge in [0, 0.05) is 31.1 Å². The molecule has 102 valence electrons. The topological polar surface area (TPSA) is 42.2 Å². The van der Waals surface area contributed by atoms with Gasteiger partial charge in [-0.05, 0) is 18.9 Å². The zero-order valence-corrected chi connectivity index (χ0v) is 12.2. The van der Waals surface area contributed by atoms with Crippen molar-refractivity contribution in [3.8, 4) is 0 Å². The van der Waals surface area contributed by atoms with E-state index in [2.05, 4.69) is 47.1 Å². The van der Waals surface area contributed by atoms with Gasteiger partial charge >= 0.3 is 0 Å². The molecule has 1 heterocycles. The fourth-order valence-electron chi connectivity index (χ4n) is 2.07. The lowest BCUT2D eigenvalue weighted by Crippen LogP contribution is -2.31. The summed E-state index contributed by atoms with van der Waals surface area (Å²) in [5.74, 6) is 0. The van der Waals surface area contributed by atoms with Crippen molar-refractivity contribution in [3.05, 3.63) is 52.0 Å². The summed E-state index contributed by atoms with van der Waals surface area (Å²) in [6.07, 6.45) is 1.07. The summed E-state index contributed by atoms with van der Waals surface area (Å²) >= 11 is 1.73. The van der Waals surface area contributed by atoms with E-state index in [0.29, 0.717) is 6.54 Å². The van der Waals surface area contributed by atoms with Gasteiger partial charge in [-0.15, -0.1) is 11.3 Å². The van der Waals surface area contributed by atoms with Crippen LogP contribution in [0.15, 0.2) is 35.8 Å². The van der Waals surface area contributed by atoms with Gasteiger partial charge in [0.25, 0.3) is 0 Å². The van der Waals surface area contributed by atoms with E-state index in [1.54, 1.807) is 11.3 Å². The molecule has 0 bridgehead atoms. The summed E-state index contributed by atoms with van der Waals surface area (Å²) in [5, 5.41) is 0. The van der Waals surface area contributed by atoms with Crippen molar-refractivity contribution in [2.75, 3.05) is 19.6 Å². The first-order valence-electron chi connectivity index (χ1n) is 6.65. The zero-order chi connectivity index (χ0) is 13.5. The molecule has 2 rings (SSSR count). The average molecular weight is 275 g/mol. The number of nitrogens with two attached hydrogens (primary N) is 1. The molecule has 0 spiro atoms. The lowest BCUT2D eigenvalue weighted by atomic mass is 10.1. The minimum absolute atomic E-state index is 0.701. The molecule has 0 aliphatic heterocycles. The summed E-state index contributed by atoms with van der Waals surface area (Å²) in [5.41, 5.74) is 10.2. The monoisotopic (exact) mass is 275 g/mol. The third kappa shape index (κ3) is 4.42. The van der Waals surface area contributed by atoms with Gasteiger partial charge in [0.2, 0.25) is 0 Å². The zero-order valence-electron chi connectivity index (χ0n) is 11.4. The van der Waals surface area contributed by atoms with Gasteiger partial charge in [0.05, 0.1) is 11.2 Å². The Morgan fingerprint density at radius 1 is 1.21 bits per heavy atom. The Morgan fingerprint density at radius 3 is 2.63 bits per heavy atom. The summed E-state index contributed by atoms with van der Waals surface area (Å²) in [6, 6.07) is 10.6. The molecule has 0 fully saturated rings. The molecule has 2 N–H and O–H groups in total. The van der Waals surface area contributed by atoms with Crippen LogP contribution in [-0.4, -0.2) is 29.5 Å². The van der Waals surface area contributed by atoms with E-state index in [1.165, 1.54) is 10.4 Å². The Kier molecular flexibility index (Phi) is 5.51. The molecule has 0 saturated heterocycles. The van der Waals surface area contributed by atoms with E-state index >= 15 is 0 Å². The fraction of sp³-hybridized carbons (Fsp3) is 0.400. The van der Waals surface area contributed by atoms with Crippen LogP contribution in [0.5, 0.6) is 0 Å². The SMILES string of the molecule is Cc1ncsc1CN(CCN)CCc1ccccc1. The molecule has 1 aromatic carbocycles. The first-order valence-corrected chi connectivity index (χ1v) is 7.53. The van der Waals surface area contributed by atoms with E-state index in [0.717, 1.165) is 31.7 Å². The first kappa shape index (κ1) is 14.2. The van der Waals surface area contributed by atoms with Crippen LogP contribution in [0.4, 0.5) is 0 Å². The number of thiazole rings is 1. The minimum atomic E-state index is 0.701. The van der Waals surface area contributed by atoms with Crippen LogP contribution in [0, 0.1) is 6.92 Å². The Morgan fingerprint density at radius 2 is 2.00 bits per heavy atom. The largest absolute Gasteiger partial charge is 0.329 e. The van der Waals surface area contributed by atoms with Crippen LogP contribution < -0.4 is 5.73 Å². The Hall–Kier alpha value is -1.23. The van der Waals surface area contributed by atoms with Gasteiger partial charge < -0.3 is 5.73 Å². The van der Waals surface area contributed by atoms with E-state index < -0.39 is 0 Å². The Bertz CT molecular complexity index is 481. The summed E-state index contributed by atoms with van der Waals surface area (Å²) in [6.45, 7) is 5.71. The van der Waals surface area contributed by atoms with Gasteiger partial charge in [0.1, 0.15) is 0 Å². The molecule has 0 atom stereocenters. The van der Waals surface area contributed by atoms with E-state index in [1.807, 2.05) is 5.51 Å². The number of aromatic nitrogens is 1. The van der Waals surface area contributed by atoms with Gasteiger partial charge in [-0.3, -0.25) is 4.90 Å². The predicted octanol–water partition coefficient (Wildman–Crippen LogP) is 2.45. The normalized spacial score (nSPS) is 11.1. The van der Waals surface area contributed by atoms with Crippen molar-refractivity contribution < 1.29 is 0 Å². The molecular weight excluding hydrogens is 254 g/mol. The third-order valence-corrected chi connectivity index (χ3v) is 4.14. The second kappa shape index (κ2) is 7.38. The first-order chi connectivity index (χ1) is 9.29. The molecule has 19 heavy (non-hydrogen) atoms. The third-order valence-electron chi connectivity index (χ3n) is 3.22. The van der Waals surface area contributed by atoms with Crippen LogP contribution in [0.3, 0.4) is 0 Å². The molecule has 0 radical (unpaired) electrons. The highest BCUT2D eigenvalue weighted by Gasteiger charge is 2.09. The van der Waals surface area contributed by atoms with Gasteiger partial charge in [-0.2, -0.15) is 0 Å².